The molecule has 0 saturated heterocycles. The van der Waals surface area contributed by atoms with Crippen LogP contribution >= 0.6 is 11.6 Å². The maximum Gasteiger partial charge on any atom is 0.218 e. The number of halogens is 1. The fourth-order valence-corrected chi connectivity index (χ4v) is 1.39. The van der Waals surface area contributed by atoms with Gasteiger partial charge in [-0.15, -0.1) is 0 Å². The van der Waals surface area contributed by atoms with Gasteiger partial charge in [0.05, 0.1) is 5.71 Å². The zero-order valence-corrected chi connectivity index (χ0v) is 8.03. The molecule has 0 aromatic heterocycles. The van der Waals surface area contributed by atoms with Crippen molar-refractivity contribution in [2.24, 2.45) is 5.16 Å². The molecule has 1 aromatic carbocycles. The summed E-state index contributed by atoms with van der Waals surface area (Å²) in [6.45, 7) is 0. The summed E-state index contributed by atoms with van der Waals surface area (Å²) in [6, 6.07) is 9.32. The molecule has 0 aliphatic carbocycles. The van der Waals surface area contributed by atoms with Crippen molar-refractivity contribution in [2.45, 2.75) is 12.5 Å². The summed E-state index contributed by atoms with van der Waals surface area (Å²) >= 11 is 5.75. The van der Waals surface area contributed by atoms with E-state index >= 15 is 0 Å². The van der Waals surface area contributed by atoms with Crippen molar-refractivity contribution in [1.29, 1.82) is 5.26 Å². The molecule has 0 bridgehead atoms. The minimum atomic E-state index is -0.444. The molecule has 3 nitrogen and oxygen atoms in total. The van der Waals surface area contributed by atoms with Crippen LogP contribution in [0.5, 0.6) is 0 Å². The van der Waals surface area contributed by atoms with Gasteiger partial charge in [0.1, 0.15) is 6.07 Å². The number of rotatable bonds is 1. The second-order valence-electron chi connectivity index (χ2n) is 2.97. The number of hydrogen-bond acceptors (Lipinski definition) is 3. The zero-order chi connectivity index (χ0) is 9.97. The Bertz CT molecular complexity index is 405. The molecule has 70 valence electrons. The van der Waals surface area contributed by atoms with Gasteiger partial charge in [-0.3, -0.25) is 0 Å². The van der Waals surface area contributed by atoms with Crippen molar-refractivity contribution in [3.05, 3.63) is 34.9 Å². The molecule has 0 radical (unpaired) electrons. The Morgan fingerprint density at radius 3 is 2.71 bits per heavy atom. The molecule has 1 aliphatic rings. The third kappa shape index (κ3) is 1.70. The van der Waals surface area contributed by atoms with E-state index in [1.807, 2.05) is 18.2 Å². The van der Waals surface area contributed by atoms with Crippen LogP contribution in [0, 0.1) is 11.3 Å². The molecule has 0 saturated carbocycles. The molecular weight excluding hydrogens is 200 g/mol. The predicted molar refractivity (Wildman–Crippen MR) is 53.1 cm³/mol. The summed E-state index contributed by atoms with van der Waals surface area (Å²) in [5.74, 6) is 0. The van der Waals surface area contributed by atoms with Crippen LogP contribution in [0.4, 0.5) is 0 Å². The van der Waals surface area contributed by atoms with E-state index in [1.54, 1.807) is 12.1 Å². The lowest BCUT2D eigenvalue weighted by Gasteiger charge is -1.97. The van der Waals surface area contributed by atoms with Crippen LogP contribution in [0.1, 0.15) is 12.0 Å². The maximum absolute atomic E-state index is 8.61. The van der Waals surface area contributed by atoms with E-state index in [2.05, 4.69) is 5.16 Å². The SMILES string of the molecule is N#C[C@H]1CC(c2ccc(Cl)cc2)=NO1. The van der Waals surface area contributed by atoms with Crippen LogP contribution in [0.3, 0.4) is 0 Å². The van der Waals surface area contributed by atoms with Gasteiger partial charge in [-0.05, 0) is 17.7 Å². The van der Waals surface area contributed by atoms with E-state index in [1.165, 1.54) is 0 Å². The van der Waals surface area contributed by atoms with Gasteiger partial charge in [0.15, 0.2) is 0 Å². The first kappa shape index (κ1) is 9.04. The highest BCUT2D eigenvalue weighted by molar-refractivity contribution is 6.30. The van der Waals surface area contributed by atoms with Gasteiger partial charge in [-0.1, -0.05) is 28.9 Å². The molecule has 4 heteroatoms. The maximum atomic E-state index is 8.61. The fourth-order valence-electron chi connectivity index (χ4n) is 1.26. The third-order valence-corrected chi connectivity index (χ3v) is 2.24. The first-order valence-corrected chi connectivity index (χ1v) is 4.55. The third-order valence-electron chi connectivity index (χ3n) is 1.99. The normalized spacial score (nSPS) is 19.7. The van der Waals surface area contributed by atoms with Gasteiger partial charge < -0.3 is 4.84 Å². The standard InChI is InChI=1S/C10H7ClN2O/c11-8-3-1-7(2-4-8)10-5-9(6-12)14-13-10/h1-4,9H,5H2/t9-/m1/s1. The second kappa shape index (κ2) is 3.69. The lowest BCUT2D eigenvalue weighted by atomic mass is 10.1. The molecule has 0 amide bonds. The summed E-state index contributed by atoms with van der Waals surface area (Å²) in [5.41, 5.74) is 1.75. The highest BCUT2D eigenvalue weighted by Gasteiger charge is 2.21. The van der Waals surface area contributed by atoms with Crippen molar-refractivity contribution in [3.63, 3.8) is 0 Å². The van der Waals surface area contributed by atoms with Gasteiger partial charge in [0.2, 0.25) is 6.10 Å². The number of benzene rings is 1. The van der Waals surface area contributed by atoms with Crippen molar-refractivity contribution < 1.29 is 4.84 Å². The van der Waals surface area contributed by atoms with Gasteiger partial charge >= 0.3 is 0 Å². The topological polar surface area (TPSA) is 45.4 Å². The largest absolute Gasteiger partial charge is 0.376 e. The Morgan fingerprint density at radius 2 is 2.14 bits per heavy atom. The molecular formula is C10H7ClN2O. The number of oxime groups is 1. The molecule has 14 heavy (non-hydrogen) atoms. The summed E-state index contributed by atoms with van der Waals surface area (Å²) < 4.78 is 0. The Morgan fingerprint density at radius 1 is 1.43 bits per heavy atom. The smallest absolute Gasteiger partial charge is 0.218 e. The fraction of sp³-hybridized carbons (Fsp3) is 0.200. The summed E-state index contributed by atoms with van der Waals surface area (Å²) in [5, 5.41) is 13.1. The average Bonchev–Trinajstić information content (AvgIpc) is 2.67. The zero-order valence-electron chi connectivity index (χ0n) is 7.27. The lowest BCUT2D eigenvalue weighted by Crippen LogP contribution is -2.04. The summed E-state index contributed by atoms with van der Waals surface area (Å²) in [4.78, 5) is 4.89. The van der Waals surface area contributed by atoms with Gasteiger partial charge in [-0.25, -0.2) is 0 Å². The average molecular weight is 207 g/mol. The molecule has 1 heterocycles. The molecule has 2 rings (SSSR count). The van der Waals surface area contributed by atoms with E-state index in [0.29, 0.717) is 11.4 Å². The Kier molecular flexibility index (Phi) is 2.38. The van der Waals surface area contributed by atoms with Gasteiger partial charge in [-0.2, -0.15) is 5.26 Å². The van der Waals surface area contributed by atoms with E-state index in [4.69, 9.17) is 21.7 Å². The van der Waals surface area contributed by atoms with Crippen molar-refractivity contribution >= 4 is 17.3 Å². The number of nitrogens with zero attached hydrogens (tertiary/aromatic N) is 2. The molecule has 0 spiro atoms. The predicted octanol–water partition coefficient (Wildman–Crippen LogP) is 2.36. The highest BCUT2D eigenvalue weighted by Crippen LogP contribution is 2.17. The Hall–Kier alpha value is -1.53. The van der Waals surface area contributed by atoms with Crippen LogP contribution in [-0.2, 0) is 4.84 Å². The van der Waals surface area contributed by atoms with Crippen LogP contribution in [0.2, 0.25) is 5.02 Å². The number of nitriles is 1. The van der Waals surface area contributed by atoms with E-state index in [-0.39, 0.29) is 0 Å². The molecule has 0 N–H and O–H groups in total. The van der Waals surface area contributed by atoms with Crippen LogP contribution in [-0.4, -0.2) is 11.8 Å². The Labute approximate surface area is 86.5 Å². The monoisotopic (exact) mass is 206 g/mol. The van der Waals surface area contributed by atoms with E-state index in [0.717, 1.165) is 11.3 Å². The second-order valence-corrected chi connectivity index (χ2v) is 3.41. The van der Waals surface area contributed by atoms with E-state index in [9.17, 15) is 0 Å². The van der Waals surface area contributed by atoms with Gasteiger partial charge in [0.25, 0.3) is 0 Å². The summed E-state index contributed by atoms with van der Waals surface area (Å²) in [7, 11) is 0. The molecule has 0 fully saturated rings. The molecule has 0 unspecified atom stereocenters. The lowest BCUT2D eigenvalue weighted by molar-refractivity contribution is 0.125. The Balaban J connectivity index is 2.18. The molecule has 1 aromatic rings. The van der Waals surface area contributed by atoms with Crippen molar-refractivity contribution in [1.82, 2.24) is 0 Å². The first-order valence-electron chi connectivity index (χ1n) is 4.18. The van der Waals surface area contributed by atoms with Gasteiger partial charge in [0, 0.05) is 11.4 Å². The molecule has 1 aliphatic heterocycles. The number of hydrogen-bond donors (Lipinski definition) is 0. The van der Waals surface area contributed by atoms with Crippen LogP contribution in [0.15, 0.2) is 29.4 Å². The first-order chi connectivity index (χ1) is 6.79. The van der Waals surface area contributed by atoms with Crippen LogP contribution < -0.4 is 0 Å². The minimum absolute atomic E-state index is 0.444. The van der Waals surface area contributed by atoms with Crippen molar-refractivity contribution in [3.8, 4) is 6.07 Å². The summed E-state index contributed by atoms with van der Waals surface area (Å²) in [6.07, 6.45) is 0.0960. The van der Waals surface area contributed by atoms with Crippen LogP contribution in [0.25, 0.3) is 0 Å². The minimum Gasteiger partial charge on any atom is -0.376 e. The van der Waals surface area contributed by atoms with Crippen molar-refractivity contribution in [2.75, 3.05) is 0 Å². The quantitative estimate of drug-likeness (QED) is 0.708. The molecule has 1 atom stereocenters. The van der Waals surface area contributed by atoms with E-state index < -0.39 is 6.10 Å². The highest BCUT2D eigenvalue weighted by atomic mass is 35.5.